The molecule has 1 fully saturated rings. The first kappa shape index (κ1) is 12.0. The Balaban J connectivity index is 2.49. The molecule has 3 nitrogen and oxygen atoms in total. The number of ether oxygens (including phenoxy) is 1. The summed E-state index contributed by atoms with van der Waals surface area (Å²) >= 11 is 0. The lowest BCUT2D eigenvalue weighted by Gasteiger charge is -2.24. The molecule has 3 heteroatoms. The van der Waals surface area contributed by atoms with E-state index in [9.17, 15) is 9.90 Å². The zero-order valence-corrected chi connectivity index (χ0v) is 10.5. The van der Waals surface area contributed by atoms with Crippen LogP contribution in [-0.4, -0.2) is 17.2 Å². The van der Waals surface area contributed by atoms with Crippen LogP contribution in [0.15, 0.2) is 18.2 Å². The van der Waals surface area contributed by atoms with Crippen molar-refractivity contribution in [2.24, 2.45) is 0 Å². The monoisotopic (exact) mass is 234 g/mol. The summed E-state index contributed by atoms with van der Waals surface area (Å²) in [5, 5.41) is 9.25. The third-order valence-corrected chi connectivity index (χ3v) is 2.82. The quantitative estimate of drug-likeness (QED) is 0.873. The molecule has 0 heterocycles. The molecule has 2 rings (SSSR count). The summed E-state index contributed by atoms with van der Waals surface area (Å²) in [5.41, 5.74) is 0.897. The van der Waals surface area contributed by atoms with Crippen molar-refractivity contribution in [2.75, 3.05) is 0 Å². The normalized spacial score (nSPS) is 15.7. The molecule has 0 spiro atoms. The van der Waals surface area contributed by atoms with Crippen molar-refractivity contribution in [1.82, 2.24) is 0 Å². The van der Waals surface area contributed by atoms with Crippen molar-refractivity contribution in [2.45, 2.75) is 45.1 Å². The molecule has 0 radical (unpaired) electrons. The predicted octanol–water partition coefficient (Wildman–Crippen LogP) is 3.22. The molecule has 92 valence electrons. The van der Waals surface area contributed by atoms with Gasteiger partial charge in [0.2, 0.25) is 0 Å². The van der Waals surface area contributed by atoms with Gasteiger partial charge in [0.15, 0.2) is 0 Å². The topological polar surface area (TPSA) is 46.5 Å². The van der Waals surface area contributed by atoms with Gasteiger partial charge >= 0.3 is 5.97 Å². The molecule has 1 saturated carbocycles. The smallest absolute Gasteiger partial charge is 0.336 e. The standard InChI is InChI=1S/C14H18O3/c1-14(2,3)12-10(13(15)16)5-4-6-11(12)17-9-7-8-9/h4-6,9H,7-8H2,1-3H3,(H,15,16). The van der Waals surface area contributed by atoms with Crippen LogP contribution in [0.5, 0.6) is 5.75 Å². The molecule has 0 unspecified atom stereocenters. The van der Waals surface area contributed by atoms with Gasteiger partial charge in [0.05, 0.1) is 11.7 Å². The molecule has 0 atom stereocenters. The highest BCUT2D eigenvalue weighted by Gasteiger charge is 2.30. The summed E-state index contributed by atoms with van der Waals surface area (Å²) in [4.78, 5) is 11.3. The van der Waals surface area contributed by atoms with Crippen LogP contribution in [0.25, 0.3) is 0 Å². The molecule has 0 aromatic heterocycles. The first-order valence-corrected chi connectivity index (χ1v) is 5.93. The molecule has 1 N–H and O–H groups in total. The van der Waals surface area contributed by atoms with Gasteiger partial charge in [-0.15, -0.1) is 0 Å². The number of carboxylic acid groups (broad SMARTS) is 1. The number of hydrogen-bond acceptors (Lipinski definition) is 2. The number of benzene rings is 1. The van der Waals surface area contributed by atoms with Gasteiger partial charge < -0.3 is 9.84 Å². The Morgan fingerprint density at radius 1 is 1.35 bits per heavy atom. The summed E-state index contributed by atoms with van der Waals surface area (Å²) < 4.78 is 5.81. The van der Waals surface area contributed by atoms with Crippen molar-refractivity contribution in [1.29, 1.82) is 0 Å². The van der Waals surface area contributed by atoms with Crippen LogP contribution in [0.4, 0.5) is 0 Å². The molecule has 0 bridgehead atoms. The second-order valence-corrected chi connectivity index (χ2v) is 5.55. The molecular formula is C14H18O3. The summed E-state index contributed by atoms with van der Waals surface area (Å²) in [6.45, 7) is 6.03. The van der Waals surface area contributed by atoms with Crippen molar-refractivity contribution < 1.29 is 14.6 Å². The summed E-state index contributed by atoms with van der Waals surface area (Å²) in [5.74, 6) is -0.170. The Bertz CT molecular complexity index is 439. The van der Waals surface area contributed by atoms with Gasteiger partial charge in [-0.05, 0) is 30.4 Å². The highest BCUT2D eigenvalue weighted by atomic mass is 16.5. The summed E-state index contributed by atoms with van der Waals surface area (Å²) in [6, 6.07) is 5.25. The fourth-order valence-corrected chi connectivity index (χ4v) is 1.95. The van der Waals surface area contributed by atoms with Crippen LogP contribution in [-0.2, 0) is 5.41 Å². The minimum absolute atomic E-state index is 0.237. The van der Waals surface area contributed by atoms with Gasteiger partial charge in [-0.2, -0.15) is 0 Å². The maximum absolute atomic E-state index is 11.3. The van der Waals surface area contributed by atoms with Gasteiger partial charge in [-0.1, -0.05) is 26.8 Å². The largest absolute Gasteiger partial charge is 0.490 e. The van der Waals surface area contributed by atoms with E-state index in [2.05, 4.69) is 0 Å². The van der Waals surface area contributed by atoms with E-state index in [-0.39, 0.29) is 11.5 Å². The zero-order chi connectivity index (χ0) is 12.6. The van der Waals surface area contributed by atoms with E-state index in [1.807, 2.05) is 26.8 Å². The second-order valence-electron chi connectivity index (χ2n) is 5.55. The van der Waals surface area contributed by atoms with Gasteiger partial charge in [0.25, 0.3) is 0 Å². The highest BCUT2D eigenvalue weighted by molar-refractivity contribution is 5.90. The Kier molecular flexibility index (Phi) is 2.86. The number of carbonyl (C=O) groups is 1. The fraction of sp³-hybridized carbons (Fsp3) is 0.500. The van der Waals surface area contributed by atoms with Crippen molar-refractivity contribution in [3.63, 3.8) is 0 Å². The Morgan fingerprint density at radius 3 is 2.47 bits per heavy atom. The first-order chi connectivity index (χ1) is 7.89. The lowest BCUT2D eigenvalue weighted by molar-refractivity contribution is 0.0693. The van der Waals surface area contributed by atoms with Crippen LogP contribution in [0, 0.1) is 0 Å². The molecule has 1 aromatic rings. The van der Waals surface area contributed by atoms with E-state index in [1.165, 1.54) is 0 Å². The van der Waals surface area contributed by atoms with E-state index in [4.69, 9.17) is 4.74 Å². The minimum Gasteiger partial charge on any atom is -0.490 e. The Hall–Kier alpha value is -1.51. The van der Waals surface area contributed by atoms with Crippen LogP contribution in [0.1, 0.15) is 49.5 Å². The SMILES string of the molecule is CC(C)(C)c1c(OC2CC2)cccc1C(=O)O. The minimum atomic E-state index is -0.892. The van der Waals surface area contributed by atoms with Crippen LogP contribution in [0.2, 0.25) is 0 Å². The lowest BCUT2D eigenvalue weighted by atomic mass is 9.83. The van der Waals surface area contributed by atoms with Gasteiger partial charge in [-0.25, -0.2) is 4.79 Å². The van der Waals surface area contributed by atoms with E-state index < -0.39 is 5.97 Å². The maximum Gasteiger partial charge on any atom is 0.336 e. The second kappa shape index (κ2) is 4.06. The number of aromatic carboxylic acids is 1. The molecule has 1 aliphatic carbocycles. The predicted molar refractivity (Wildman–Crippen MR) is 65.8 cm³/mol. The Labute approximate surface area is 101 Å². The van der Waals surface area contributed by atoms with Crippen molar-refractivity contribution in [3.05, 3.63) is 29.3 Å². The van der Waals surface area contributed by atoms with Crippen LogP contribution >= 0.6 is 0 Å². The molecule has 17 heavy (non-hydrogen) atoms. The molecule has 1 aliphatic rings. The number of carboxylic acids is 1. The number of hydrogen-bond donors (Lipinski definition) is 1. The van der Waals surface area contributed by atoms with E-state index in [0.717, 1.165) is 24.2 Å². The van der Waals surface area contributed by atoms with E-state index in [0.29, 0.717) is 5.56 Å². The van der Waals surface area contributed by atoms with Crippen molar-refractivity contribution >= 4 is 5.97 Å². The Morgan fingerprint density at radius 2 is 2.00 bits per heavy atom. The fourth-order valence-electron chi connectivity index (χ4n) is 1.95. The third-order valence-electron chi connectivity index (χ3n) is 2.82. The molecule has 0 amide bonds. The van der Waals surface area contributed by atoms with Gasteiger partial charge in [0.1, 0.15) is 5.75 Å². The molecule has 0 saturated heterocycles. The molecular weight excluding hydrogens is 216 g/mol. The van der Waals surface area contributed by atoms with E-state index >= 15 is 0 Å². The van der Waals surface area contributed by atoms with Gasteiger partial charge in [0, 0.05) is 5.56 Å². The average molecular weight is 234 g/mol. The van der Waals surface area contributed by atoms with Gasteiger partial charge in [-0.3, -0.25) is 0 Å². The maximum atomic E-state index is 11.3. The lowest BCUT2D eigenvalue weighted by Crippen LogP contribution is -2.19. The number of rotatable bonds is 3. The van der Waals surface area contributed by atoms with Crippen molar-refractivity contribution in [3.8, 4) is 5.75 Å². The molecule has 0 aliphatic heterocycles. The van der Waals surface area contributed by atoms with Crippen LogP contribution < -0.4 is 4.74 Å². The average Bonchev–Trinajstić information content (AvgIpc) is 2.99. The summed E-state index contributed by atoms with van der Waals surface area (Å²) in [7, 11) is 0. The highest BCUT2D eigenvalue weighted by Crippen LogP contribution is 2.37. The zero-order valence-electron chi connectivity index (χ0n) is 10.5. The third kappa shape index (κ3) is 2.60. The molecule has 1 aromatic carbocycles. The van der Waals surface area contributed by atoms with Crippen LogP contribution in [0.3, 0.4) is 0 Å². The van der Waals surface area contributed by atoms with E-state index in [1.54, 1.807) is 12.1 Å². The summed E-state index contributed by atoms with van der Waals surface area (Å²) in [6.07, 6.45) is 2.42. The first-order valence-electron chi connectivity index (χ1n) is 5.93.